The lowest BCUT2D eigenvalue weighted by molar-refractivity contribution is -0.144. The van der Waals surface area contributed by atoms with Gasteiger partial charge in [-0.3, -0.25) is 9.59 Å². The normalized spacial score (nSPS) is 16.7. The van der Waals surface area contributed by atoms with Gasteiger partial charge in [-0.1, -0.05) is 24.6 Å². The van der Waals surface area contributed by atoms with E-state index in [9.17, 15) is 9.59 Å². The third-order valence-electron chi connectivity index (χ3n) is 5.67. The van der Waals surface area contributed by atoms with E-state index >= 15 is 0 Å². The number of fused-ring (bicyclic) bond motifs is 1. The topological polar surface area (TPSA) is 70.5 Å². The third kappa shape index (κ3) is 3.91. The number of likely N-dealkylation sites (N-methyl/N-ethyl adjacent to an activating group) is 1. The Kier molecular flexibility index (Phi) is 5.65. The molecule has 0 aliphatic carbocycles. The van der Waals surface area contributed by atoms with Crippen LogP contribution in [-0.4, -0.2) is 64.1 Å². The highest BCUT2D eigenvalue weighted by molar-refractivity contribution is 7.98. The van der Waals surface area contributed by atoms with Gasteiger partial charge in [0.2, 0.25) is 0 Å². The summed E-state index contributed by atoms with van der Waals surface area (Å²) in [6.45, 7) is 9.95. The van der Waals surface area contributed by atoms with Crippen molar-refractivity contribution in [1.29, 1.82) is 0 Å². The first-order valence-corrected chi connectivity index (χ1v) is 11.2. The van der Waals surface area contributed by atoms with Gasteiger partial charge in [0.25, 0.3) is 0 Å². The molecule has 1 aromatic heterocycles. The van der Waals surface area contributed by atoms with Gasteiger partial charge in [-0.2, -0.15) is 16.9 Å². The number of nitrogens with zero attached hydrogens (tertiary/aromatic N) is 4. The minimum absolute atomic E-state index is 0.464. The lowest BCUT2D eigenvalue weighted by Crippen LogP contribution is -2.51. The molecule has 154 valence electrons. The number of amides is 2. The zero-order valence-electron chi connectivity index (χ0n) is 17.2. The van der Waals surface area contributed by atoms with E-state index in [0.29, 0.717) is 18.9 Å². The number of thioether (sulfide) groups is 1. The zero-order chi connectivity index (χ0) is 20.5. The number of hydrogen-bond donors (Lipinski definition) is 1. The highest BCUT2D eigenvalue weighted by Gasteiger charge is 2.30. The second-order valence-corrected chi connectivity index (χ2v) is 8.63. The molecule has 0 spiro atoms. The van der Waals surface area contributed by atoms with Crippen LogP contribution in [0.1, 0.15) is 29.3 Å². The van der Waals surface area contributed by atoms with Crippen molar-refractivity contribution < 1.29 is 9.59 Å². The van der Waals surface area contributed by atoms with Gasteiger partial charge in [0.15, 0.2) is 0 Å². The molecule has 4 rings (SSSR count). The summed E-state index contributed by atoms with van der Waals surface area (Å²) in [5.74, 6) is 1.19. The van der Waals surface area contributed by atoms with E-state index in [1.807, 2.05) is 19.1 Å². The first-order chi connectivity index (χ1) is 14.0. The fourth-order valence-corrected chi connectivity index (χ4v) is 4.97. The summed E-state index contributed by atoms with van der Waals surface area (Å²) >= 11 is 1.77. The van der Waals surface area contributed by atoms with Crippen molar-refractivity contribution >= 4 is 29.4 Å². The van der Waals surface area contributed by atoms with Crippen molar-refractivity contribution in [2.24, 2.45) is 0 Å². The lowest BCUT2D eigenvalue weighted by atomic mass is 10.1. The molecule has 29 heavy (non-hydrogen) atoms. The minimum Gasteiger partial charge on any atom is -0.332 e. The number of piperazine rings is 1. The number of aromatic nitrogens is 2. The molecule has 0 bridgehead atoms. The van der Waals surface area contributed by atoms with Gasteiger partial charge in [0, 0.05) is 43.2 Å². The number of carbonyl (C=O) groups excluding carboxylic acids is 2. The van der Waals surface area contributed by atoms with Gasteiger partial charge >= 0.3 is 11.8 Å². The smallest absolute Gasteiger partial charge is 0.315 e. The van der Waals surface area contributed by atoms with Crippen LogP contribution in [0.3, 0.4) is 0 Å². The monoisotopic (exact) mass is 413 g/mol. The summed E-state index contributed by atoms with van der Waals surface area (Å²) in [5.41, 5.74) is 5.18. The Morgan fingerprint density at radius 1 is 1.14 bits per heavy atom. The van der Waals surface area contributed by atoms with Crippen molar-refractivity contribution in [1.82, 2.24) is 19.6 Å². The van der Waals surface area contributed by atoms with E-state index in [4.69, 9.17) is 5.10 Å². The van der Waals surface area contributed by atoms with Crippen LogP contribution in [0, 0.1) is 13.8 Å². The summed E-state index contributed by atoms with van der Waals surface area (Å²) in [7, 11) is 0. The Bertz CT molecular complexity index is 947. The summed E-state index contributed by atoms with van der Waals surface area (Å²) in [6, 6.07) is 6.15. The Balaban J connectivity index is 1.58. The number of benzene rings is 1. The van der Waals surface area contributed by atoms with Gasteiger partial charge < -0.3 is 15.1 Å². The molecule has 0 radical (unpaired) electrons. The average molecular weight is 414 g/mol. The average Bonchev–Trinajstić information content (AvgIpc) is 3.30. The summed E-state index contributed by atoms with van der Waals surface area (Å²) < 4.78 is 1.79. The van der Waals surface area contributed by atoms with Gasteiger partial charge in [-0.05, 0) is 32.0 Å². The summed E-state index contributed by atoms with van der Waals surface area (Å²) in [4.78, 5) is 29.5. The summed E-state index contributed by atoms with van der Waals surface area (Å²) in [5, 5.41) is 7.64. The van der Waals surface area contributed by atoms with Crippen molar-refractivity contribution in [2.75, 3.05) is 38.0 Å². The summed E-state index contributed by atoms with van der Waals surface area (Å²) in [6.07, 6.45) is 0. The maximum Gasteiger partial charge on any atom is 0.315 e. The number of aryl methyl sites for hydroxylation is 2. The number of nitrogens with one attached hydrogen (secondary N) is 1. The van der Waals surface area contributed by atoms with Crippen LogP contribution < -0.4 is 5.32 Å². The van der Waals surface area contributed by atoms with Crippen LogP contribution >= 0.6 is 11.8 Å². The number of rotatable bonds is 3. The molecular weight excluding hydrogens is 386 g/mol. The first-order valence-electron chi connectivity index (χ1n) is 10.1. The van der Waals surface area contributed by atoms with Crippen LogP contribution in [0.5, 0.6) is 0 Å². The molecule has 1 N–H and O–H groups in total. The molecule has 2 amide bonds. The second kappa shape index (κ2) is 8.20. The Morgan fingerprint density at radius 3 is 2.59 bits per heavy atom. The van der Waals surface area contributed by atoms with E-state index in [0.717, 1.165) is 53.6 Å². The van der Waals surface area contributed by atoms with Crippen LogP contribution in [0.2, 0.25) is 0 Å². The molecular formula is C21H27N5O2S. The molecule has 1 fully saturated rings. The Labute approximate surface area is 175 Å². The lowest BCUT2D eigenvalue weighted by Gasteiger charge is -2.33. The molecule has 0 atom stereocenters. The van der Waals surface area contributed by atoms with Crippen LogP contribution in [0.15, 0.2) is 18.2 Å². The highest BCUT2D eigenvalue weighted by Crippen LogP contribution is 2.36. The molecule has 2 aliphatic heterocycles. The fraction of sp³-hybridized carbons (Fsp3) is 0.476. The van der Waals surface area contributed by atoms with Gasteiger partial charge in [0.05, 0.1) is 11.4 Å². The van der Waals surface area contributed by atoms with E-state index in [2.05, 4.69) is 30.1 Å². The van der Waals surface area contributed by atoms with E-state index < -0.39 is 11.8 Å². The third-order valence-corrected chi connectivity index (χ3v) is 6.64. The van der Waals surface area contributed by atoms with Gasteiger partial charge in [-0.25, -0.2) is 4.68 Å². The number of carbonyl (C=O) groups is 2. The molecule has 0 unspecified atom stereocenters. The van der Waals surface area contributed by atoms with E-state index in [1.54, 1.807) is 21.3 Å². The van der Waals surface area contributed by atoms with Gasteiger partial charge in [0.1, 0.15) is 5.82 Å². The number of hydrogen-bond acceptors (Lipinski definition) is 5. The van der Waals surface area contributed by atoms with Crippen LogP contribution in [-0.2, 0) is 21.1 Å². The molecule has 2 aromatic rings. The van der Waals surface area contributed by atoms with Crippen LogP contribution in [0.4, 0.5) is 5.82 Å². The quantitative estimate of drug-likeness (QED) is 0.782. The largest absolute Gasteiger partial charge is 0.332 e. The molecule has 1 aromatic carbocycles. The van der Waals surface area contributed by atoms with E-state index in [1.165, 1.54) is 5.56 Å². The zero-order valence-corrected chi connectivity index (χ0v) is 18.0. The maximum absolute atomic E-state index is 12.8. The van der Waals surface area contributed by atoms with E-state index in [-0.39, 0.29) is 0 Å². The molecule has 7 nitrogen and oxygen atoms in total. The van der Waals surface area contributed by atoms with Crippen molar-refractivity contribution in [2.45, 2.75) is 32.3 Å². The Morgan fingerprint density at radius 2 is 1.90 bits per heavy atom. The molecule has 0 saturated carbocycles. The molecule has 8 heteroatoms. The fourth-order valence-electron chi connectivity index (χ4n) is 3.93. The maximum atomic E-state index is 12.8. The van der Waals surface area contributed by atoms with Crippen molar-refractivity contribution in [3.05, 3.63) is 40.6 Å². The predicted molar refractivity (Wildman–Crippen MR) is 115 cm³/mol. The SMILES string of the molecule is CCN1CCN(C(=O)C(=O)Nc2c3c(nn2-c2ccc(C)cc2C)CSC3)CC1. The first kappa shape index (κ1) is 20.0. The van der Waals surface area contributed by atoms with Gasteiger partial charge in [-0.15, -0.1) is 0 Å². The Hall–Kier alpha value is -2.32. The standard InChI is InChI=1S/C21H27N5O2S/c1-4-24-7-9-25(10-8-24)21(28)20(27)22-19-16-12-29-13-17(16)23-26(19)18-6-5-14(2)11-15(18)3/h5-6,11H,4,7-10,12-13H2,1-3H3,(H,22,27). The highest BCUT2D eigenvalue weighted by atomic mass is 32.2. The molecule has 2 aliphatic rings. The minimum atomic E-state index is -0.583. The second-order valence-electron chi connectivity index (χ2n) is 7.65. The van der Waals surface area contributed by atoms with Crippen molar-refractivity contribution in [3.63, 3.8) is 0 Å². The molecule has 1 saturated heterocycles. The molecule has 3 heterocycles. The van der Waals surface area contributed by atoms with Crippen molar-refractivity contribution in [3.8, 4) is 5.69 Å². The number of anilines is 1. The predicted octanol–water partition coefficient (Wildman–Crippen LogP) is 2.34. The van der Waals surface area contributed by atoms with Crippen LogP contribution in [0.25, 0.3) is 5.69 Å².